The smallest absolute Gasteiger partial charge is 0.0972 e. The number of allylic oxidation sites excluding steroid dienone is 1. The zero-order chi connectivity index (χ0) is 8.74. The lowest BCUT2D eigenvalue weighted by molar-refractivity contribution is -0.878. The van der Waals surface area contributed by atoms with Gasteiger partial charge in [0, 0.05) is 0 Å². The quantitative estimate of drug-likeness (QED) is 0.393. The third kappa shape index (κ3) is 7.83. The van der Waals surface area contributed by atoms with Crippen LogP contribution >= 0.6 is 0 Å². The van der Waals surface area contributed by atoms with Crippen molar-refractivity contribution < 1.29 is 16.9 Å². The fraction of sp³-hybridized carbons (Fsp3) is 0.600. The zero-order valence-corrected chi connectivity index (χ0v) is 9.14. The lowest BCUT2D eigenvalue weighted by Crippen LogP contribution is -3.00. The van der Waals surface area contributed by atoms with Crippen molar-refractivity contribution in [2.75, 3.05) is 27.2 Å². The van der Waals surface area contributed by atoms with Crippen LogP contribution in [-0.4, -0.2) is 31.7 Å². The molecule has 0 heterocycles. The molecule has 0 atom stereocenters. The Labute approximate surface area is 82.8 Å². The van der Waals surface area contributed by atoms with Crippen LogP contribution in [0.1, 0.15) is 13.3 Å². The van der Waals surface area contributed by atoms with Crippen LogP contribution in [0.25, 0.3) is 0 Å². The van der Waals surface area contributed by atoms with Gasteiger partial charge in [0.15, 0.2) is 0 Å². The van der Waals surface area contributed by atoms with Crippen LogP contribution in [0.4, 0.5) is 0 Å². The lowest BCUT2D eigenvalue weighted by atomic mass is 10.3. The zero-order valence-electron chi connectivity index (χ0n) is 8.39. The Morgan fingerprint density at radius 3 is 2.17 bits per heavy atom. The summed E-state index contributed by atoms with van der Waals surface area (Å²) in [6.45, 7) is 8.02. The molecule has 0 aliphatic carbocycles. The van der Waals surface area contributed by atoms with Gasteiger partial charge >= 0.3 is 0 Å². The molecule has 0 saturated heterocycles. The highest BCUT2D eigenvalue weighted by molar-refractivity contribution is 4.80. The maximum absolute atomic E-state index is 3.73. The number of likely N-dealkylation sites (N-methyl/N-ethyl adjacent to an activating group) is 1. The van der Waals surface area contributed by atoms with Gasteiger partial charge in [0.25, 0.3) is 0 Å². The highest BCUT2D eigenvalue weighted by Crippen LogP contribution is 1.97. The van der Waals surface area contributed by atoms with Crippen LogP contribution in [-0.2, 0) is 0 Å². The molecule has 12 heavy (non-hydrogen) atoms. The second-order valence-corrected chi connectivity index (χ2v) is 3.47. The molecule has 0 aromatic rings. The van der Waals surface area contributed by atoms with Crippen LogP contribution < -0.4 is 12.4 Å². The van der Waals surface area contributed by atoms with Gasteiger partial charge in [-0.05, 0) is 18.6 Å². The number of nitrogens with zero attached hydrogens (tertiary/aromatic N) is 1. The van der Waals surface area contributed by atoms with Gasteiger partial charge in [0.1, 0.15) is 0 Å². The molecule has 1 nitrogen and oxygen atoms in total. The summed E-state index contributed by atoms with van der Waals surface area (Å²) >= 11 is 0. The Morgan fingerprint density at radius 2 is 1.75 bits per heavy atom. The van der Waals surface area contributed by atoms with Crippen molar-refractivity contribution in [3.63, 3.8) is 0 Å². The highest BCUT2D eigenvalue weighted by Gasteiger charge is 2.08. The first-order chi connectivity index (χ1) is 5.12. The van der Waals surface area contributed by atoms with Crippen LogP contribution in [0, 0.1) is 0 Å². The molecule has 0 spiro atoms. The van der Waals surface area contributed by atoms with Gasteiger partial charge in [0.05, 0.1) is 27.2 Å². The monoisotopic (exact) mass is 189 g/mol. The Bertz CT molecular complexity index is 139. The fourth-order valence-corrected chi connectivity index (χ4v) is 0.951. The average Bonchev–Trinajstić information content (AvgIpc) is 1.87. The molecule has 0 aliphatic heterocycles. The van der Waals surface area contributed by atoms with E-state index < -0.39 is 0 Å². The summed E-state index contributed by atoms with van der Waals surface area (Å²) in [4.78, 5) is 0. The summed E-state index contributed by atoms with van der Waals surface area (Å²) in [5.74, 6) is 0. The molecule has 0 fully saturated rings. The van der Waals surface area contributed by atoms with Crippen molar-refractivity contribution in [3.05, 3.63) is 24.8 Å². The predicted molar refractivity (Wildman–Crippen MR) is 51.5 cm³/mol. The van der Waals surface area contributed by atoms with E-state index in [1.54, 1.807) is 0 Å². The molecule has 72 valence electrons. The number of hydrogen-bond donors (Lipinski definition) is 0. The van der Waals surface area contributed by atoms with E-state index >= 15 is 0 Å². The first kappa shape index (κ1) is 14.3. The molecule has 0 aromatic carbocycles. The van der Waals surface area contributed by atoms with Crippen molar-refractivity contribution in [1.82, 2.24) is 0 Å². The fourth-order valence-electron chi connectivity index (χ4n) is 0.951. The lowest BCUT2D eigenvalue weighted by Gasteiger charge is -2.26. The minimum Gasteiger partial charge on any atom is -1.00 e. The van der Waals surface area contributed by atoms with E-state index in [0.717, 1.165) is 24.0 Å². The van der Waals surface area contributed by atoms with E-state index in [1.165, 1.54) is 0 Å². The van der Waals surface area contributed by atoms with Crippen LogP contribution in [0.5, 0.6) is 0 Å². The van der Waals surface area contributed by atoms with Gasteiger partial charge in [-0.2, -0.15) is 0 Å². The maximum Gasteiger partial charge on any atom is 0.0972 e. The molecule has 0 saturated carbocycles. The molecule has 0 aliphatic rings. The summed E-state index contributed by atoms with van der Waals surface area (Å²) in [5.41, 5.74) is 0. The van der Waals surface area contributed by atoms with Crippen molar-refractivity contribution in [2.45, 2.75) is 13.3 Å². The Hall–Kier alpha value is -0.270. The van der Waals surface area contributed by atoms with Crippen molar-refractivity contribution in [2.24, 2.45) is 0 Å². The Kier molecular flexibility index (Phi) is 8.78. The average molecular weight is 190 g/mol. The normalized spacial score (nSPS) is 11.2. The molecule has 0 amide bonds. The van der Waals surface area contributed by atoms with Crippen molar-refractivity contribution in [3.8, 4) is 0 Å². The molecule has 0 radical (unpaired) electrons. The Balaban J connectivity index is 0. The molecule has 0 aromatic heterocycles. The van der Waals surface area contributed by atoms with Gasteiger partial charge in [-0.3, -0.25) is 0 Å². The topological polar surface area (TPSA) is 0 Å². The summed E-state index contributed by atoms with van der Waals surface area (Å²) in [5, 5.41) is 0. The van der Waals surface area contributed by atoms with E-state index in [1.807, 2.05) is 6.08 Å². The second-order valence-electron chi connectivity index (χ2n) is 3.47. The van der Waals surface area contributed by atoms with Crippen molar-refractivity contribution >= 4 is 0 Å². The summed E-state index contributed by atoms with van der Waals surface area (Å²) in [7, 11) is 4.42. The third-order valence-corrected chi connectivity index (χ3v) is 1.63. The third-order valence-electron chi connectivity index (χ3n) is 1.63. The first-order valence-electron chi connectivity index (χ1n) is 4.20. The van der Waals surface area contributed by atoms with E-state index in [9.17, 15) is 0 Å². The number of halogens is 1. The molecule has 0 unspecified atom stereocenters. The van der Waals surface area contributed by atoms with Crippen molar-refractivity contribution in [1.29, 1.82) is 0 Å². The van der Waals surface area contributed by atoms with E-state index in [-0.39, 0.29) is 12.4 Å². The van der Waals surface area contributed by atoms with Gasteiger partial charge in [0.2, 0.25) is 0 Å². The summed E-state index contributed by atoms with van der Waals surface area (Å²) in [6, 6.07) is 0. The predicted octanol–water partition coefficient (Wildman–Crippen LogP) is -0.781. The van der Waals surface area contributed by atoms with Crippen LogP contribution in [0.15, 0.2) is 24.8 Å². The molecule has 0 N–H and O–H groups in total. The number of quaternary nitrogens is 1. The van der Waals surface area contributed by atoms with Gasteiger partial charge in [-0.15, -0.1) is 0 Å². The Morgan fingerprint density at radius 1 is 1.17 bits per heavy atom. The van der Waals surface area contributed by atoms with E-state index in [0.29, 0.717) is 0 Å². The number of hydrogen-bond acceptors (Lipinski definition) is 0. The summed E-state index contributed by atoms with van der Waals surface area (Å²) < 4.78 is 1.00. The van der Waals surface area contributed by atoms with Crippen LogP contribution in [0.3, 0.4) is 0 Å². The first-order valence-corrected chi connectivity index (χ1v) is 4.20. The standard InChI is InChI=1S/C10H20N.ClH/c1-5-7-8-10-11(3,4)9-6-2;/h6-8H,2,5,9-10H2,1,3-4H3;1H/q+1;/p-1. The van der Waals surface area contributed by atoms with Gasteiger partial charge in [-0.25, -0.2) is 0 Å². The maximum atomic E-state index is 3.73. The summed E-state index contributed by atoms with van der Waals surface area (Å²) in [6.07, 6.45) is 7.56. The minimum absolute atomic E-state index is 0. The largest absolute Gasteiger partial charge is 1.00 e. The van der Waals surface area contributed by atoms with E-state index in [4.69, 9.17) is 0 Å². The van der Waals surface area contributed by atoms with Gasteiger partial charge in [-0.1, -0.05) is 19.6 Å². The molecular weight excluding hydrogens is 170 g/mol. The molecule has 0 bridgehead atoms. The van der Waals surface area contributed by atoms with Crippen LogP contribution in [0.2, 0.25) is 0 Å². The SMILES string of the molecule is C=CC[N+](C)(C)CC=CCC.[Cl-]. The number of rotatable bonds is 5. The second kappa shape index (κ2) is 7.38. The van der Waals surface area contributed by atoms with E-state index in [2.05, 4.69) is 39.8 Å². The molecular formula is C10H20ClN. The molecule has 0 rings (SSSR count). The minimum atomic E-state index is 0. The molecule has 2 heteroatoms. The highest BCUT2D eigenvalue weighted by atomic mass is 35.5. The van der Waals surface area contributed by atoms with Gasteiger partial charge < -0.3 is 16.9 Å².